The molecule has 0 aliphatic carbocycles. The standard InChI is InChI=1S/C12H19NO2S2Si/c1-18(2)10-8-16(9-11-18)13-17(14)15-12-6-4-3-5-7-12/h3-7H,8-11H2,1-2H3. The van der Waals surface area contributed by atoms with E-state index in [1.165, 1.54) is 12.1 Å². The molecule has 2 rings (SSSR count). The van der Waals surface area contributed by atoms with Gasteiger partial charge in [-0.15, -0.1) is 3.77 Å². The van der Waals surface area contributed by atoms with Crippen molar-refractivity contribution in [1.82, 2.24) is 0 Å². The van der Waals surface area contributed by atoms with Crippen molar-refractivity contribution in [2.24, 2.45) is 3.77 Å². The maximum atomic E-state index is 11.8. The minimum atomic E-state index is -1.54. The normalized spacial score (nSPS) is 21.2. The molecular weight excluding hydrogens is 282 g/mol. The SMILES string of the molecule is C[Si]1(C)CCS(=NS(=O)Oc2ccccc2)CC1. The van der Waals surface area contributed by atoms with Gasteiger partial charge in [0.25, 0.3) is 0 Å². The Morgan fingerprint density at radius 3 is 2.44 bits per heavy atom. The first-order valence-corrected chi connectivity index (χ1v) is 12.1. The van der Waals surface area contributed by atoms with Gasteiger partial charge in [0.15, 0.2) is 0 Å². The van der Waals surface area contributed by atoms with Crippen molar-refractivity contribution in [3.05, 3.63) is 30.3 Å². The molecule has 1 heterocycles. The van der Waals surface area contributed by atoms with E-state index in [9.17, 15) is 4.21 Å². The summed E-state index contributed by atoms with van der Waals surface area (Å²) in [7, 11) is -1.01. The van der Waals surface area contributed by atoms with Crippen LogP contribution < -0.4 is 4.18 Å². The summed E-state index contributed by atoms with van der Waals surface area (Å²) >= 11 is -1.54. The zero-order valence-corrected chi connectivity index (χ0v) is 13.4. The molecule has 1 atom stereocenters. The van der Waals surface area contributed by atoms with E-state index >= 15 is 0 Å². The Morgan fingerprint density at radius 2 is 1.83 bits per heavy atom. The van der Waals surface area contributed by atoms with E-state index in [0.29, 0.717) is 5.75 Å². The van der Waals surface area contributed by atoms with Crippen LogP contribution in [-0.2, 0) is 22.0 Å². The molecule has 1 fully saturated rings. The van der Waals surface area contributed by atoms with Crippen LogP contribution in [0.5, 0.6) is 5.75 Å². The molecule has 0 radical (unpaired) electrons. The highest BCUT2D eigenvalue weighted by Gasteiger charge is 2.26. The summed E-state index contributed by atoms with van der Waals surface area (Å²) in [4.78, 5) is 0. The zero-order valence-electron chi connectivity index (χ0n) is 10.8. The van der Waals surface area contributed by atoms with E-state index < -0.39 is 19.3 Å². The van der Waals surface area contributed by atoms with Crippen LogP contribution in [0.15, 0.2) is 34.1 Å². The van der Waals surface area contributed by atoms with Gasteiger partial charge < -0.3 is 4.18 Å². The summed E-state index contributed by atoms with van der Waals surface area (Å²) in [5, 5.41) is 0. The number of hydrogen-bond donors (Lipinski definition) is 0. The van der Waals surface area contributed by atoms with Gasteiger partial charge in [-0.05, 0) is 24.2 Å². The molecule has 6 heteroatoms. The van der Waals surface area contributed by atoms with Crippen molar-refractivity contribution >= 4 is 30.0 Å². The van der Waals surface area contributed by atoms with Crippen molar-refractivity contribution < 1.29 is 8.39 Å². The van der Waals surface area contributed by atoms with Gasteiger partial charge in [0.2, 0.25) is 0 Å². The lowest BCUT2D eigenvalue weighted by molar-refractivity contribution is 0.564. The largest absolute Gasteiger partial charge is 0.383 e. The van der Waals surface area contributed by atoms with Crippen LogP contribution in [0.25, 0.3) is 0 Å². The summed E-state index contributed by atoms with van der Waals surface area (Å²) < 4.78 is 21.4. The summed E-state index contributed by atoms with van der Waals surface area (Å²) in [6, 6.07) is 11.8. The van der Waals surface area contributed by atoms with Gasteiger partial charge in [0, 0.05) is 19.6 Å². The second-order valence-electron chi connectivity index (χ2n) is 5.22. The number of rotatable bonds is 3. The molecule has 3 nitrogen and oxygen atoms in total. The molecule has 1 aliphatic rings. The molecule has 0 saturated carbocycles. The van der Waals surface area contributed by atoms with Gasteiger partial charge >= 0.3 is 11.3 Å². The molecule has 1 aromatic rings. The highest BCUT2D eigenvalue weighted by molar-refractivity contribution is 7.95. The third-order valence-corrected chi connectivity index (χ3v) is 10.1. The molecule has 0 aromatic heterocycles. The second kappa shape index (κ2) is 6.12. The molecule has 1 saturated heterocycles. The second-order valence-corrected chi connectivity index (χ2v) is 13.5. The maximum Gasteiger partial charge on any atom is 0.345 e. The smallest absolute Gasteiger partial charge is 0.345 e. The quantitative estimate of drug-likeness (QED) is 0.804. The van der Waals surface area contributed by atoms with Crippen LogP contribution >= 0.6 is 0 Å². The maximum absolute atomic E-state index is 11.8. The van der Waals surface area contributed by atoms with Gasteiger partial charge in [-0.3, -0.25) is 0 Å². The van der Waals surface area contributed by atoms with Crippen molar-refractivity contribution in [3.63, 3.8) is 0 Å². The van der Waals surface area contributed by atoms with Crippen molar-refractivity contribution in [2.45, 2.75) is 25.2 Å². The first-order valence-electron chi connectivity index (χ1n) is 6.10. The molecule has 0 bridgehead atoms. The molecule has 1 aromatic carbocycles. The van der Waals surface area contributed by atoms with Crippen LogP contribution in [0, 0.1) is 0 Å². The van der Waals surface area contributed by atoms with Crippen LogP contribution in [0.1, 0.15) is 0 Å². The topological polar surface area (TPSA) is 38.7 Å². The molecule has 0 amide bonds. The highest BCUT2D eigenvalue weighted by atomic mass is 32.2. The first-order chi connectivity index (χ1) is 8.55. The Morgan fingerprint density at radius 1 is 1.22 bits per heavy atom. The molecule has 0 N–H and O–H groups in total. The lowest BCUT2D eigenvalue weighted by atomic mass is 10.3. The fourth-order valence-electron chi connectivity index (χ4n) is 1.75. The number of benzene rings is 1. The monoisotopic (exact) mass is 301 g/mol. The van der Waals surface area contributed by atoms with E-state index in [2.05, 4.69) is 16.9 Å². The van der Waals surface area contributed by atoms with Crippen LogP contribution in [0.2, 0.25) is 25.2 Å². The zero-order chi connectivity index (χ0) is 13.0. The Balaban J connectivity index is 1.92. The summed E-state index contributed by atoms with van der Waals surface area (Å²) in [6.07, 6.45) is 0. The average Bonchev–Trinajstić information content (AvgIpc) is 2.33. The lowest BCUT2D eigenvalue weighted by Gasteiger charge is -2.28. The van der Waals surface area contributed by atoms with Gasteiger partial charge in [-0.1, -0.05) is 42.0 Å². The van der Waals surface area contributed by atoms with E-state index in [0.717, 1.165) is 11.5 Å². The van der Waals surface area contributed by atoms with E-state index in [4.69, 9.17) is 4.18 Å². The fourth-order valence-corrected chi connectivity index (χ4v) is 10.2. The molecule has 0 spiro atoms. The Kier molecular flexibility index (Phi) is 4.75. The minimum absolute atomic E-state index is 0.0604. The number of hydrogen-bond acceptors (Lipinski definition) is 2. The lowest BCUT2D eigenvalue weighted by Crippen LogP contribution is -2.34. The Labute approximate surface area is 115 Å². The van der Waals surface area contributed by atoms with Crippen molar-refractivity contribution in [1.29, 1.82) is 0 Å². The minimum Gasteiger partial charge on any atom is -0.383 e. The van der Waals surface area contributed by atoms with E-state index in [1.54, 1.807) is 12.1 Å². The van der Waals surface area contributed by atoms with Crippen LogP contribution in [0.3, 0.4) is 0 Å². The number of nitrogens with zero attached hydrogens (tertiary/aromatic N) is 1. The predicted octanol–water partition coefficient (Wildman–Crippen LogP) is 3.17. The Bertz CT molecular complexity index is 450. The van der Waals surface area contributed by atoms with Gasteiger partial charge in [0.05, 0.1) is 0 Å². The average molecular weight is 302 g/mol. The summed E-state index contributed by atoms with van der Waals surface area (Å²) in [5.41, 5.74) is 0. The first kappa shape index (κ1) is 14.0. The van der Waals surface area contributed by atoms with Crippen LogP contribution in [0.4, 0.5) is 0 Å². The summed E-state index contributed by atoms with van der Waals surface area (Å²) in [6.45, 7) is 4.84. The van der Waals surface area contributed by atoms with Gasteiger partial charge in [0.1, 0.15) is 5.75 Å². The van der Waals surface area contributed by atoms with Gasteiger partial charge in [-0.25, -0.2) is 0 Å². The number of para-hydroxylation sites is 1. The van der Waals surface area contributed by atoms with E-state index in [-0.39, 0.29) is 10.7 Å². The van der Waals surface area contributed by atoms with E-state index in [1.807, 2.05) is 18.2 Å². The molecule has 1 unspecified atom stereocenters. The van der Waals surface area contributed by atoms with Crippen molar-refractivity contribution in [3.8, 4) is 5.75 Å². The van der Waals surface area contributed by atoms with Crippen molar-refractivity contribution in [2.75, 3.05) is 11.5 Å². The fraction of sp³-hybridized carbons (Fsp3) is 0.500. The van der Waals surface area contributed by atoms with Gasteiger partial charge in [-0.2, -0.15) is 4.21 Å². The Hall–Kier alpha value is -0.463. The summed E-state index contributed by atoms with van der Waals surface area (Å²) in [5.74, 6) is 2.82. The molecule has 100 valence electrons. The molecular formula is C12H19NO2S2Si. The third-order valence-electron chi connectivity index (χ3n) is 3.11. The predicted molar refractivity (Wildman–Crippen MR) is 81.8 cm³/mol. The van der Waals surface area contributed by atoms with Crippen LogP contribution in [-0.4, -0.2) is 23.8 Å². The molecule has 1 aliphatic heterocycles. The highest BCUT2D eigenvalue weighted by Crippen LogP contribution is 2.23. The third kappa shape index (κ3) is 4.33. The molecule has 18 heavy (non-hydrogen) atoms.